The molecule has 1 saturated carbocycles. The van der Waals surface area contributed by atoms with Crippen LogP contribution in [0.5, 0.6) is 0 Å². The molecular weight excluding hydrogens is 490 g/mol. The number of nitrogens with one attached hydrogen (secondary N) is 3. The first-order chi connectivity index (χ1) is 18.1. The molecule has 3 aromatic rings. The Morgan fingerprint density at radius 3 is 2.70 bits per heavy atom. The standard InChI is InChI=1S/C27H34ClN7O2/c28-21-8-6-20(7-9-21)16-30-26(36)23(14-19-4-2-1-3-5-19)32-24-15-25(35-12-11-29-18-35)34-27(33-24)31-22-10-13-37-17-22/h6-9,11-12,15,18-19,22-23H,1-5,10,13-14,16-17H2,(H,30,36)(H2,31,32,33,34)/t22?,23-/m1/s1. The molecule has 2 atom stereocenters. The van der Waals surface area contributed by atoms with Gasteiger partial charge in [-0.25, -0.2) is 4.98 Å². The summed E-state index contributed by atoms with van der Waals surface area (Å²) in [7, 11) is 0. The maximum absolute atomic E-state index is 13.4. The normalized spacial score (nSPS) is 18.9. The lowest BCUT2D eigenvalue weighted by atomic mass is 9.84. The summed E-state index contributed by atoms with van der Waals surface area (Å²) in [5.74, 6) is 2.25. The van der Waals surface area contributed by atoms with Crippen LogP contribution in [0.2, 0.25) is 5.02 Å². The number of imidazole rings is 1. The summed E-state index contributed by atoms with van der Waals surface area (Å²) in [4.78, 5) is 27.0. The number of anilines is 2. The van der Waals surface area contributed by atoms with E-state index in [1.807, 2.05) is 41.1 Å². The van der Waals surface area contributed by atoms with Crippen molar-refractivity contribution in [2.24, 2.45) is 5.92 Å². The van der Waals surface area contributed by atoms with Crippen LogP contribution in [0.1, 0.15) is 50.5 Å². The Morgan fingerprint density at radius 1 is 1.14 bits per heavy atom. The summed E-state index contributed by atoms with van der Waals surface area (Å²) < 4.78 is 7.34. The summed E-state index contributed by atoms with van der Waals surface area (Å²) in [6.45, 7) is 1.79. The Bertz CT molecular complexity index is 1140. The van der Waals surface area contributed by atoms with E-state index in [-0.39, 0.29) is 11.9 Å². The first-order valence-corrected chi connectivity index (χ1v) is 13.5. The summed E-state index contributed by atoms with van der Waals surface area (Å²) in [6.07, 6.45) is 12.9. The molecule has 0 bridgehead atoms. The maximum Gasteiger partial charge on any atom is 0.242 e. The van der Waals surface area contributed by atoms with Crippen molar-refractivity contribution in [2.75, 3.05) is 23.8 Å². The molecular formula is C27H34ClN7O2. The molecule has 1 aliphatic heterocycles. The predicted octanol–water partition coefficient (Wildman–Crippen LogP) is 4.58. The van der Waals surface area contributed by atoms with Crippen molar-refractivity contribution >= 4 is 29.3 Å². The Morgan fingerprint density at radius 2 is 1.97 bits per heavy atom. The van der Waals surface area contributed by atoms with Crippen LogP contribution in [-0.4, -0.2) is 50.7 Å². The van der Waals surface area contributed by atoms with Crippen LogP contribution in [0.15, 0.2) is 49.1 Å². The number of nitrogens with zero attached hydrogens (tertiary/aromatic N) is 4. The first-order valence-electron chi connectivity index (χ1n) is 13.1. The van der Waals surface area contributed by atoms with Gasteiger partial charge in [-0.2, -0.15) is 9.97 Å². The average molecular weight is 524 g/mol. The first kappa shape index (κ1) is 25.5. The molecule has 10 heteroatoms. The predicted molar refractivity (Wildman–Crippen MR) is 144 cm³/mol. The molecule has 9 nitrogen and oxygen atoms in total. The molecule has 3 heterocycles. The van der Waals surface area contributed by atoms with E-state index in [4.69, 9.17) is 21.3 Å². The van der Waals surface area contributed by atoms with E-state index in [0.29, 0.717) is 41.7 Å². The second kappa shape index (κ2) is 12.4. The molecule has 2 aromatic heterocycles. The second-order valence-electron chi connectivity index (χ2n) is 9.89. The summed E-state index contributed by atoms with van der Waals surface area (Å²) >= 11 is 6.01. The number of rotatable bonds is 10. The highest BCUT2D eigenvalue weighted by molar-refractivity contribution is 6.30. The van der Waals surface area contributed by atoms with Crippen molar-refractivity contribution in [2.45, 2.75) is 63.6 Å². The van der Waals surface area contributed by atoms with E-state index < -0.39 is 6.04 Å². The molecule has 3 N–H and O–H groups in total. The van der Waals surface area contributed by atoms with E-state index in [1.54, 1.807) is 12.5 Å². The van der Waals surface area contributed by atoms with Crippen molar-refractivity contribution in [1.29, 1.82) is 0 Å². The molecule has 1 aromatic carbocycles. The minimum Gasteiger partial charge on any atom is -0.379 e. The number of benzene rings is 1. The van der Waals surface area contributed by atoms with Crippen molar-refractivity contribution in [1.82, 2.24) is 24.8 Å². The lowest BCUT2D eigenvalue weighted by molar-refractivity contribution is -0.122. The summed E-state index contributed by atoms with van der Waals surface area (Å²) in [5, 5.41) is 10.6. The van der Waals surface area contributed by atoms with Crippen molar-refractivity contribution in [3.05, 3.63) is 59.6 Å². The molecule has 1 saturated heterocycles. The van der Waals surface area contributed by atoms with Gasteiger partial charge in [0, 0.05) is 36.6 Å². The van der Waals surface area contributed by atoms with Crippen molar-refractivity contribution < 1.29 is 9.53 Å². The number of carbonyl (C=O) groups is 1. The number of halogens is 1. The second-order valence-corrected chi connectivity index (χ2v) is 10.3. The van der Waals surface area contributed by atoms with Crippen molar-refractivity contribution in [3.8, 4) is 5.82 Å². The molecule has 2 aliphatic rings. The van der Waals surface area contributed by atoms with Gasteiger partial charge in [-0.1, -0.05) is 55.8 Å². The number of ether oxygens (including phenoxy) is 1. The highest BCUT2D eigenvalue weighted by Crippen LogP contribution is 2.28. The fraction of sp³-hybridized carbons (Fsp3) is 0.481. The van der Waals surface area contributed by atoms with Gasteiger partial charge in [0.25, 0.3) is 0 Å². The molecule has 196 valence electrons. The van der Waals surface area contributed by atoms with Crippen LogP contribution in [0, 0.1) is 5.92 Å². The minimum atomic E-state index is -0.413. The number of hydrogen-bond donors (Lipinski definition) is 3. The topological polar surface area (TPSA) is 106 Å². The Labute approximate surface area is 222 Å². The van der Waals surface area contributed by atoms with Gasteiger partial charge in [-0.15, -0.1) is 0 Å². The molecule has 0 spiro atoms. The monoisotopic (exact) mass is 523 g/mol. The van der Waals surface area contributed by atoms with Gasteiger partial charge in [0.1, 0.15) is 24.0 Å². The quantitative estimate of drug-likeness (QED) is 0.357. The van der Waals surface area contributed by atoms with Gasteiger partial charge in [0.05, 0.1) is 12.6 Å². The lowest BCUT2D eigenvalue weighted by Crippen LogP contribution is -2.41. The molecule has 5 rings (SSSR count). The molecule has 37 heavy (non-hydrogen) atoms. The summed E-state index contributed by atoms with van der Waals surface area (Å²) in [5.41, 5.74) is 1.00. The van der Waals surface area contributed by atoms with Crippen LogP contribution >= 0.6 is 11.6 Å². The van der Waals surface area contributed by atoms with Gasteiger partial charge in [-0.3, -0.25) is 9.36 Å². The van der Waals surface area contributed by atoms with Gasteiger partial charge >= 0.3 is 0 Å². The lowest BCUT2D eigenvalue weighted by Gasteiger charge is -2.27. The highest BCUT2D eigenvalue weighted by Gasteiger charge is 2.26. The van der Waals surface area contributed by atoms with Crippen LogP contribution < -0.4 is 16.0 Å². The average Bonchev–Trinajstić information content (AvgIpc) is 3.63. The Kier molecular flexibility index (Phi) is 8.53. The van der Waals surface area contributed by atoms with E-state index in [0.717, 1.165) is 37.9 Å². The van der Waals surface area contributed by atoms with Gasteiger partial charge < -0.3 is 20.7 Å². The molecule has 1 amide bonds. The van der Waals surface area contributed by atoms with Crippen LogP contribution in [0.25, 0.3) is 5.82 Å². The Balaban J connectivity index is 1.35. The van der Waals surface area contributed by atoms with Crippen LogP contribution in [-0.2, 0) is 16.1 Å². The zero-order valence-corrected chi connectivity index (χ0v) is 21.7. The molecule has 1 aliphatic carbocycles. The maximum atomic E-state index is 13.4. The van der Waals surface area contributed by atoms with Crippen molar-refractivity contribution in [3.63, 3.8) is 0 Å². The minimum absolute atomic E-state index is 0.0398. The summed E-state index contributed by atoms with van der Waals surface area (Å²) in [6, 6.07) is 9.14. The largest absolute Gasteiger partial charge is 0.379 e. The van der Waals surface area contributed by atoms with Gasteiger partial charge in [0.15, 0.2) is 0 Å². The van der Waals surface area contributed by atoms with Crippen LogP contribution in [0.4, 0.5) is 11.8 Å². The number of carbonyl (C=O) groups excluding carboxylic acids is 1. The van der Waals surface area contributed by atoms with E-state index in [2.05, 4.69) is 25.9 Å². The third kappa shape index (κ3) is 7.20. The zero-order chi connectivity index (χ0) is 25.5. The number of hydrogen-bond acceptors (Lipinski definition) is 7. The fourth-order valence-corrected chi connectivity index (χ4v) is 5.14. The molecule has 2 fully saturated rings. The molecule has 0 radical (unpaired) electrons. The third-order valence-electron chi connectivity index (χ3n) is 7.06. The number of aromatic nitrogens is 4. The number of amides is 1. The SMILES string of the molecule is O=C(NCc1ccc(Cl)cc1)[C@@H](CC1CCCCC1)Nc1cc(-n2ccnc2)nc(NC2CCOC2)n1. The van der Waals surface area contributed by atoms with E-state index >= 15 is 0 Å². The zero-order valence-electron chi connectivity index (χ0n) is 20.9. The van der Waals surface area contributed by atoms with E-state index in [1.165, 1.54) is 19.3 Å². The highest BCUT2D eigenvalue weighted by atomic mass is 35.5. The third-order valence-corrected chi connectivity index (χ3v) is 7.31. The Hall–Kier alpha value is -3.17. The van der Waals surface area contributed by atoms with Gasteiger partial charge in [0.2, 0.25) is 11.9 Å². The smallest absolute Gasteiger partial charge is 0.242 e. The van der Waals surface area contributed by atoms with E-state index in [9.17, 15) is 4.79 Å². The van der Waals surface area contributed by atoms with Crippen LogP contribution in [0.3, 0.4) is 0 Å². The fourth-order valence-electron chi connectivity index (χ4n) is 5.01. The molecule has 1 unspecified atom stereocenters. The van der Waals surface area contributed by atoms with Gasteiger partial charge in [-0.05, 0) is 36.5 Å².